The molecule has 5 atom stereocenters. The van der Waals surface area contributed by atoms with E-state index in [4.69, 9.17) is 9.47 Å². The van der Waals surface area contributed by atoms with Crippen LogP contribution in [-0.2, 0) is 45.1 Å². The first-order valence-electron chi connectivity index (χ1n) is 18.8. The lowest BCUT2D eigenvalue weighted by atomic mass is 9.90. The van der Waals surface area contributed by atoms with Gasteiger partial charge in [0.1, 0.15) is 25.3 Å². The summed E-state index contributed by atoms with van der Waals surface area (Å²) in [6, 6.07) is 21.9. The summed E-state index contributed by atoms with van der Waals surface area (Å²) in [7, 11) is 0. The highest BCUT2D eigenvalue weighted by molar-refractivity contribution is 5.87. The van der Waals surface area contributed by atoms with Crippen LogP contribution < -0.4 is 21.3 Å². The maximum Gasteiger partial charge on any atom is 0.408 e. The van der Waals surface area contributed by atoms with E-state index in [-0.39, 0.29) is 37.9 Å². The Labute approximate surface area is 329 Å². The number of nitrogens with one attached hydrogen (secondary N) is 4. The van der Waals surface area contributed by atoms with Crippen LogP contribution in [0.4, 0.5) is 9.59 Å². The molecule has 13 heteroatoms. The Kier molecular flexibility index (Phi) is 16.3. The molecule has 5 N–H and O–H groups in total. The first-order chi connectivity index (χ1) is 26.8. The molecule has 0 aliphatic rings. The van der Waals surface area contributed by atoms with Crippen molar-refractivity contribution in [2.75, 3.05) is 0 Å². The maximum absolute atomic E-state index is 14.1. The first kappa shape index (κ1) is 42.9. The third-order valence-corrected chi connectivity index (χ3v) is 9.11. The van der Waals surface area contributed by atoms with Gasteiger partial charge in [-0.05, 0) is 73.9 Å². The Morgan fingerprint density at radius 1 is 0.589 bits per heavy atom. The van der Waals surface area contributed by atoms with E-state index in [2.05, 4.69) is 31.2 Å². The molecule has 4 amide bonds. The van der Waals surface area contributed by atoms with E-state index < -0.39 is 54.3 Å². The van der Waals surface area contributed by atoms with E-state index in [0.29, 0.717) is 11.4 Å². The molecule has 2 aromatic carbocycles. The monoisotopic (exact) mass is 766 g/mol. The zero-order valence-corrected chi connectivity index (χ0v) is 32.9. The van der Waals surface area contributed by atoms with E-state index in [1.54, 1.807) is 76.5 Å². The molecule has 0 spiro atoms. The predicted molar refractivity (Wildman–Crippen MR) is 212 cm³/mol. The Hall–Kier alpha value is -5.82. The van der Waals surface area contributed by atoms with E-state index in [1.165, 1.54) is 0 Å². The lowest BCUT2D eigenvalue weighted by molar-refractivity contribution is -0.126. The number of amides is 4. The smallest absolute Gasteiger partial charge is 0.408 e. The number of carbonyl (C=O) groups is 4. The van der Waals surface area contributed by atoms with Crippen LogP contribution in [0.15, 0.2) is 97.3 Å². The molecule has 0 fully saturated rings. The topological polar surface area (TPSA) is 181 Å². The van der Waals surface area contributed by atoms with Crippen molar-refractivity contribution in [3.05, 3.63) is 131 Å². The second-order valence-electron chi connectivity index (χ2n) is 14.6. The fraction of sp³-hybridized carbons (Fsp3) is 0.395. The minimum atomic E-state index is -1.34. The number of aliphatic hydroxyl groups is 1. The Balaban J connectivity index is 1.58. The van der Waals surface area contributed by atoms with E-state index in [1.807, 2.05) is 62.4 Å². The molecule has 0 aliphatic heterocycles. The van der Waals surface area contributed by atoms with Gasteiger partial charge < -0.3 is 35.8 Å². The first-order valence-corrected chi connectivity index (χ1v) is 18.8. The summed E-state index contributed by atoms with van der Waals surface area (Å²) in [4.78, 5) is 62.1. The number of ether oxygens (including phenoxy) is 2. The average Bonchev–Trinajstić information content (AvgIpc) is 3.17. The van der Waals surface area contributed by atoms with E-state index in [0.717, 1.165) is 22.3 Å². The number of pyridine rings is 2. The molecule has 0 aliphatic carbocycles. The molecule has 0 bridgehead atoms. The molecule has 4 aromatic rings. The number of benzene rings is 2. The number of aryl methyl sites for hydroxylation is 2. The lowest BCUT2D eigenvalue weighted by Gasteiger charge is -2.34. The van der Waals surface area contributed by atoms with Gasteiger partial charge in [0.15, 0.2) is 0 Å². The number of rotatable bonds is 18. The molecule has 13 nitrogen and oxygen atoms in total. The fourth-order valence-corrected chi connectivity index (χ4v) is 6.30. The van der Waals surface area contributed by atoms with Gasteiger partial charge in [-0.2, -0.15) is 0 Å². The van der Waals surface area contributed by atoms with Crippen LogP contribution in [0.5, 0.6) is 0 Å². The number of aromatic nitrogens is 2. The van der Waals surface area contributed by atoms with Gasteiger partial charge in [0.05, 0.1) is 29.6 Å². The van der Waals surface area contributed by atoms with Crippen LogP contribution in [0.1, 0.15) is 61.3 Å². The van der Waals surface area contributed by atoms with Crippen molar-refractivity contribution < 1.29 is 33.8 Å². The Morgan fingerprint density at radius 3 is 1.43 bits per heavy atom. The molecule has 1 unspecified atom stereocenters. The van der Waals surface area contributed by atoms with Gasteiger partial charge in [0, 0.05) is 12.4 Å². The molecule has 0 saturated carbocycles. The summed E-state index contributed by atoms with van der Waals surface area (Å²) in [6.07, 6.45) is 0.662. The second-order valence-corrected chi connectivity index (χ2v) is 14.6. The van der Waals surface area contributed by atoms with Crippen LogP contribution >= 0.6 is 0 Å². The zero-order chi connectivity index (χ0) is 40.6. The zero-order valence-electron chi connectivity index (χ0n) is 32.9. The molecule has 4 rings (SSSR count). The molecular formula is C43H54N6O7. The summed E-state index contributed by atoms with van der Waals surface area (Å²) < 4.78 is 10.7. The Morgan fingerprint density at radius 2 is 1.02 bits per heavy atom. The summed E-state index contributed by atoms with van der Waals surface area (Å²) in [6.45, 7) is 10.9. The lowest BCUT2D eigenvalue weighted by Crippen LogP contribution is -2.61. The summed E-state index contributed by atoms with van der Waals surface area (Å²) >= 11 is 0. The standard InChI is InChI=1S/C43H54N6O7/c1-27(2)37(48-42(53)55-25-33-16-10-12-18-44-33)40(51)46-35(23-31-14-8-7-9-15-31)39(50)36(24-32-21-29(5)20-30(6)22-32)47-41(52)38(28(3)4)49-43(54)56-26-34-17-11-13-19-45-34/h7-22,27-28,35-39,50H,23-26H2,1-6H3,(H,46,51)(H,47,52)(H,48,53)(H,49,54)/t35-,36-,37-,38-,39?/m0/s1. The van der Waals surface area contributed by atoms with Gasteiger partial charge in [-0.1, -0.05) is 99.5 Å². The van der Waals surface area contributed by atoms with Crippen molar-refractivity contribution in [3.63, 3.8) is 0 Å². The van der Waals surface area contributed by atoms with Gasteiger partial charge in [-0.3, -0.25) is 19.6 Å². The van der Waals surface area contributed by atoms with E-state index >= 15 is 0 Å². The second kappa shape index (κ2) is 21.3. The fourth-order valence-electron chi connectivity index (χ4n) is 6.30. The molecule has 298 valence electrons. The molecule has 2 aromatic heterocycles. The molecule has 0 saturated heterocycles. The quantitative estimate of drug-likeness (QED) is 0.0920. The largest absolute Gasteiger partial charge is 0.443 e. The summed E-state index contributed by atoms with van der Waals surface area (Å²) in [5, 5.41) is 23.6. The molecule has 0 radical (unpaired) electrons. The summed E-state index contributed by atoms with van der Waals surface area (Å²) in [5.74, 6) is -1.78. The van der Waals surface area contributed by atoms with Crippen molar-refractivity contribution in [1.29, 1.82) is 0 Å². The number of alkyl carbamates (subject to hydrolysis) is 2. The SMILES string of the molecule is Cc1cc(C)cc(C[C@H](NC(=O)[C@@H](NC(=O)OCc2ccccn2)C(C)C)C(O)[C@H](Cc2ccccc2)NC(=O)[C@@H](NC(=O)OCc2ccccn2)C(C)C)c1. The van der Waals surface area contributed by atoms with Crippen molar-refractivity contribution in [3.8, 4) is 0 Å². The van der Waals surface area contributed by atoms with Crippen LogP contribution in [0.2, 0.25) is 0 Å². The number of carbonyl (C=O) groups excluding carboxylic acids is 4. The third kappa shape index (κ3) is 13.8. The van der Waals surface area contributed by atoms with E-state index in [9.17, 15) is 24.3 Å². The summed E-state index contributed by atoms with van der Waals surface area (Å²) in [5.41, 5.74) is 4.80. The molecule has 56 heavy (non-hydrogen) atoms. The third-order valence-electron chi connectivity index (χ3n) is 9.11. The van der Waals surface area contributed by atoms with Crippen molar-refractivity contribution in [1.82, 2.24) is 31.2 Å². The minimum Gasteiger partial charge on any atom is -0.443 e. The van der Waals surface area contributed by atoms with Crippen LogP contribution in [-0.4, -0.2) is 69.3 Å². The molecular weight excluding hydrogens is 713 g/mol. The normalized spacial score (nSPS) is 13.8. The van der Waals surface area contributed by atoms with Gasteiger partial charge in [-0.25, -0.2) is 9.59 Å². The van der Waals surface area contributed by atoms with Gasteiger partial charge in [0.25, 0.3) is 0 Å². The Bertz CT molecular complexity index is 1840. The number of aliphatic hydroxyl groups excluding tert-OH is 1. The van der Waals surface area contributed by atoms with Crippen LogP contribution in [0.3, 0.4) is 0 Å². The highest BCUT2D eigenvalue weighted by Gasteiger charge is 2.36. The molecule has 2 heterocycles. The van der Waals surface area contributed by atoms with Crippen LogP contribution in [0, 0.1) is 25.7 Å². The highest BCUT2D eigenvalue weighted by atomic mass is 16.6. The van der Waals surface area contributed by atoms with Crippen molar-refractivity contribution in [2.45, 2.75) is 97.9 Å². The van der Waals surface area contributed by atoms with Crippen molar-refractivity contribution in [2.24, 2.45) is 11.8 Å². The number of hydrogen-bond donors (Lipinski definition) is 5. The maximum atomic E-state index is 14.1. The predicted octanol–water partition coefficient (Wildman–Crippen LogP) is 5.11. The van der Waals surface area contributed by atoms with Crippen molar-refractivity contribution >= 4 is 24.0 Å². The van der Waals surface area contributed by atoms with Gasteiger partial charge >= 0.3 is 12.2 Å². The van der Waals surface area contributed by atoms with Crippen LogP contribution in [0.25, 0.3) is 0 Å². The minimum absolute atomic E-state index is 0.0809. The van der Waals surface area contributed by atoms with Gasteiger partial charge in [-0.15, -0.1) is 0 Å². The highest BCUT2D eigenvalue weighted by Crippen LogP contribution is 2.18. The number of nitrogens with zero attached hydrogens (tertiary/aromatic N) is 2. The number of hydrogen-bond acceptors (Lipinski definition) is 9. The average molecular weight is 767 g/mol. The van der Waals surface area contributed by atoms with Gasteiger partial charge in [0.2, 0.25) is 11.8 Å².